The minimum Gasteiger partial charge on any atom is -0.480 e. The van der Waals surface area contributed by atoms with Crippen LogP contribution in [0.1, 0.15) is 37.3 Å². The lowest BCUT2D eigenvalue weighted by molar-refractivity contribution is -0.145. The number of carboxylic acids is 1. The average Bonchev–Trinajstić information content (AvgIpc) is 2.42. The molecule has 21 heavy (non-hydrogen) atoms. The zero-order valence-corrected chi connectivity index (χ0v) is 13.9. The number of benzene rings is 1. The van der Waals surface area contributed by atoms with Crippen molar-refractivity contribution in [1.29, 1.82) is 0 Å². The molecule has 1 unspecified atom stereocenters. The summed E-state index contributed by atoms with van der Waals surface area (Å²) in [5.74, 6) is -0.762. The summed E-state index contributed by atoms with van der Waals surface area (Å²) in [5.41, 5.74) is 2.89. The molecule has 118 valence electrons. The molecule has 1 aromatic carbocycles. The van der Waals surface area contributed by atoms with Crippen molar-refractivity contribution in [3.05, 3.63) is 29.3 Å². The van der Waals surface area contributed by atoms with E-state index in [0.717, 1.165) is 13.0 Å². The highest BCUT2D eigenvalue weighted by Crippen LogP contribution is 2.21. The maximum absolute atomic E-state index is 11.4. The Hall–Kier alpha value is -1.55. The SMILES string of the molecule is CCC(CCCN(C)c1cc(C)cc(C)c1)(NC)C(=O)O. The van der Waals surface area contributed by atoms with Gasteiger partial charge in [0.2, 0.25) is 0 Å². The Balaban J connectivity index is 2.64. The first-order chi connectivity index (χ1) is 9.84. The lowest BCUT2D eigenvalue weighted by Crippen LogP contribution is -2.50. The quantitative estimate of drug-likeness (QED) is 0.773. The maximum Gasteiger partial charge on any atom is 0.323 e. The second kappa shape index (κ2) is 7.46. The minimum absolute atomic E-state index is 0.589. The molecule has 0 radical (unpaired) electrons. The minimum atomic E-state index is -0.802. The first-order valence-electron chi connectivity index (χ1n) is 7.56. The second-order valence-corrected chi connectivity index (χ2v) is 5.86. The van der Waals surface area contributed by atoms with Crippen molar-refractivity contribution in [3.8, 4) is 0 Å². The molecule has 0 saturated heterocycles. The second-order valence-electron chi connectivity index (χ2n) is 5.86. The molecule has 0 aromatic heterocycles. The van der Waals surface area contributed by atoms with Gasteiger partial charge < -0.3 is 15.3 Å². The topological polar surface area (TPSA) is 52.6 Å². The van der Waals surface area contributed by atoms with Crippen molar-refractivity contribution in [2.75, 3.05) is 25.5 Å². The molecule has 0 aliphatic rings. The van der Waals surface area contributed by atoms with Gasteiger partial charge in [-0.05, 0) is 63.4 Å². The lowest BCUT2D eigenvalue weighted by atomic mass is 9.90. The fourth-order valence-corrected chi connectivity index (χ4v) is 2.76. The van der Waals surface area contributed by atoms with E-state index in [2.05, 4.69) is 49.3 Å². The van der Waals surface area contributed by atoms with Crippen LogP contribution >= 0.6 is 0 Å². The first kappa shape index (κ1) is 17.5. The van der Waals surface area contributed by atoms with E-state index >= 15 is 0 Å². The molecule has 4 heteroatoms. The van der Waals surface area contributed by atoms with Crippen LogP contribution in [0.5, 0.6) is 0 Å². The molecule has 0 amide bonds. The van der Waals surface area contributed by atoms with Gasteiger partial charge in [-0.3, -0.25) is 4.79 Å². The summed E-state index contributed by atoms with van der Waals surface area (Å²) in [6.45, 7) is 6.95. The van der Waals surface area contributed by atoms with E-state index in [-0.39, 0.29) is 0 Å². The molecule has 4 nitrogen and oxygen atoms in total. The van der Waals surface area contributed by atoms with Crippen LogP contribution in [0, 0.1) is 13.8 Å². The van der Waals surface area contributed by atoms with Crippen molar-refractivity contribution in [2.24, 2.45) is 0 Å². The highest BCUT2D eigenvalue weighted by molar-refractivity contribution is 5.78. The summed E-state index contributed by atoms with van der Waals surface area (Å²) in [6, 6.07) is 6.48. The number of likely N-dealkylation sites (N-methyl/N-ethyl adjacent to an activating group) is 1. The summed E-state index contributed by atoms with van der Waals surface area (Å²) < 4.78 is 0. The van der Waals surface area contributed by atoms with Gasteiger partial charge in [0, 0.05) is 19.3 Å². The molecule has 0 bridgehead atoms. The van der Waals surface area contributed by atoms with Crippen molar-refractivity contribution < 1.29 is 9.90 Å². The Morgan fingerprint density at radius 2 is 1.86 bits per heavy atom. The van der Waals surface area contributed by atoms with Crippen molar-refractivity contribution >= 4 is 11.7 Å². The van der Waals surface area contributed by atoms with E-state index in [1.807, 2.05) is 6.92 Å². The molecular weight excluding hydrogens is 264 g/mol. The maximum atomic E-state index is 11.4. The fraction of sp³-hybridized carbons (Fsp3) is 0.588. The fourth-order valence-electron chi connectivity index (χ4n) is 2.76. The van der Waals surface area contributed by atoms with E-state index in [1.165, 1.54) is 16.8 Å². The van der Waals surface area contributed by atoms with Crippen LogP contribution in [0.3, 0.4) is 0 Å². The number of anilines is 1. The van der Waals surface area contributed by atoms with E-state index < -0.39 is 11.5 Å². The predicted molar refractivity (Wildman–Crippen MR) is 88.1 cm³/mol. The molecule has 0 spiro atoms. The summed E-state index contributed by atoms with van der Waals surface area (Å²) in [5, 5.41) is 12.4. The van der Waals surface area contributed by atoms with Gasteiger partial charge in [0.15, 0.2) is 0 Å². The first-order valence-corrected chi connectivity index (χ1v) is 7.56. The average molecular weight is 292 g/mol. The third-order valence-corrected chi connectivity index (χ3v) is 4.24. The van der Waals surface area contributed by atoms with Crippen LogP contribution in [0.2, 0.25) is 0 Å². The Morgan fingerprint density at radius 3 is 2.29 bits per heavy atom. The van der Waals surface area contributed by atoms with Gasteiger partial charge in [-0.15, -0.1) is 0 Å². The van der Waals surface area contributed by atoms with Gasteiger partial charge in [0.25, 0.3) is 0 Å². The summed E-state index contributed by atoms with van der Waals surface area (Å²) in [4.78, 5) is 13.6. The number of hydrogen-bond donors (Lipinski definition) is 2. The zero-order valence-electron chi connectivity index (χ0n) is 13.9. The molecule has 1 rings (SSSR count). The number of nitrogens with zero attached hydrogens (tertiary/aromatic N) is 1. The number of aliphatic carboxylic acids is 1. The number of aryl methyl sites for hydroxylation is 2. The highest BCUT2D eigenvalue weighted by atomic mass is 16.4. The third kappa shape index (κ3) is 4.46. The Bertz CT molecular complexity index is 461. The predicted octanol–water partition coefficient (Wildman–Crippen LogP) is 2.97. The highest BCUT2D eigenvalue weighted by Gasteiger charge is 2.34. The van der Waals surface area contributed by atoms with Crippen molar-refractivity contribution in [1.82, 2.24) is 5.32 Å². The number of hydrogen-bond acceptors (Lipinski definition) is 3. The Labute approximate surface area is 128 Å². The number of carboxylic acid groups (broad SMARTS) is 1. The van der Waals surface area contributed by atoms with E-state index in [0.29, 0.717) is 12.8 Å². The van der Waals surface area contributed by atoms with Crippen LogP contribution in [0.25, 0.3) is 0 Å². The molecule has 1 aromatic rings. The van der Waals surface area contributed by atoms with Gasteiger partial charge in [0.1, 0.15) is 5.54 Å². The smallest absolute Gasteiger partial charge is 0.323 e. The largest absolute Gasteiger partial charge is 0.480 e. The number of carbonyl (C=O) groups is 1. The van der Waals surface area contributed by atoms with Crippen LogP contribution in [0.4, 0.5) is 5.69 Å². The van der Waals surface area contributed by atoms with Crippen molar-refractivity contribution in [3.63, 3.8) is 0 Å². The molecule has 0 heterocycles. The van der Waals surface area contributed by atoms with Gasteiger partial charge in [-0.1, -0.05) is 13.0 Å². The van der Waals surface area contributed by atoms with Gasteiger partial charge in [0.05, 0.1) is 0 Å². The van der Waals surface area contributed by atoms with Crippen LogP contribution in [-0.2, 0) is 4.79 Å². The van der Waals surface area contributed by atoms with E-state index in [1.54, 1.807) is 7.05 Å². The third-order valence-electron chi connectivity index (χ3n) is 4.24. The van der Waals surface area contributed by atoms with Gasteiger partial charge >= 0.3 is 5.97 Å². The van der Waals surface area contributed by atoms with Gasteiger partial charge in [-0.25, -0.2) is 0 Å². The molecule has 0 aliphatic carbocycles. The molecule has 1 atom stereocenters. The summed E-state index contributed by atoms with van der Waals surface area (Å²) in [6.07, 6.45) is 2.06. The van der Waals surface area contributed by atoms with Gasteiger partial charge in [-0.2, -0.15) is 0 Å². The lowest BCUT2D eigenvalue weighted by Gasteiger charge is -2.29. The van der Waals surface area contributed by atoms with Crippen LogP contribution in [-0.4, -0.2) is 37.3 Å². The van der Waals surface area contributed by atoms with Crippen molar-refractivity contribution in [2.45, 2.75) is 45.6 Å². The number of rotatable bonds is 8. The standard InChI is InChI=1S/C17H28N2O2/c1-6-17(18-4,16(20)21)8-7-9-19(5)15-11-13(2)10-14(3)12-15/h10-12,18H,6-9H2,1-5H3,(H,20,21). The summed E-state index contributed by atoms with van der Waals surface area (Å²) >= 11 is 0. The van der Waals surface area contributed by atoms with E-state index in [9.17, 15) is 9.90 Å². The van der Waals surface area contributed by atoms with Crippen LogP contribution in [0.15, 0.2) is 18.2 Å². The van der Waals surface area contributed by atoms with E-state index in [4.69, 9.17) is 0 Å². The zero-order chi connectivity index (χ0) is 16.0. The normalized spacial score (nSPS) is 13.8. The molecule has 0 aliphatic heterocycles. The molecule has 0 fully saturated rings. The number of nitrogens with one attached hydrogen (secondary N) is 1. The summed E-state index contributed by atoms with van der Waals surface area (Å²) in [7, 11) is 3.78. The monoisotopic (exact) mass is 292 g/mol. The molecule has 2 N–H and O–H groups in total. The Kier molecular flexibility index (Phi) is 6.21. The Morgan fingerprint density at radius 1 is 1.29 bits per heavy atom. The van der Waals surface area contributed by atoms with Crippen LogP contribution < -0.4 is 10.2 Å². The molecule has 0 saturated carbocycles. The molecular formula is C17H28N2O2.